The van der Waals surface area contributed by atoms with Crippen molar-refractivity contribution in [3.8, 4) is 18.1 Å². The van der Waals surface area contributed by atoms with Crippen molar-refractivity contribution in [2.75, 3.05) is 13.2 Å². The molecule has 1 aromatic carbocycles. The maximum atomic E-state index is 5.57. The maximum absolute atomic E-state index is 5.57. The molecule has 0 saturated heterocycles. The van der Waals surface area contributed by atoms with Gasteiger partial charge < -0.3 is 10.1 Å². The highest BCUT2D eigenvalue weighted by molar-refractivity contribution is 5.33. The Hall–Kier alpha value is -1.46. The second-order valence-corrected chi connectivity index (χ2v) is 5.87. The summed E-state index contributed by atoms with van der Waals surface area (Å²) < 4.78 is 5.57. The minimum Gasteiger partial charge on any atom is -0.481 e. The molecule has 1 N–H and O–H groups in total. The molecule has 1 aliphatic carbocycles. The van der Waals surface area contributed by atoms with Gasteiger partial charge in [0.1, 0.15) is 12.4 Å². The fourth-order valence-electron chi connectivity index (χ4n) is 3.07. The van der Waals surface area contributed by atoms with Crippen LogP contribution in [0.3, 0.4) is 0 Å². The van der Waals surface area contributed by atoms with Crippen LogP contribution in [0.1, 0.15) is 38.2 Å². The summed E-state index contributed by atoms with van der Waals surface area (Å²) in [5.74, 6) is 5.13. The zero-order valence-corrected chi connectivity index (χ0v) is 12.4. The highest BCUT2D eigenvalue weighted by Crippen LogP contribution is 2.28. The van der Waals surface area contributed by atoms with E-state index in [9.17, 15) is 0 Å². The zero-order valence-electron chi connectivity index (χ0n) is 12.4. The van der Waals surface area contributed by atoms with E-state index in [1.54, 1.807) is 0 Å². The van der Waals surface area contributed by atoms with Crippen LogP contribution < -0.4 is 10.1 Å². The van der Waals surface area contributed by atoms with Crippen LogP contribution in [0.25, 0.3) is 0 Å². The van der Waals surface area contributed by atoms with E-state index in [2.05, 4.69) is 24.2 Å². The molecule has 2 heteroatoms. The highest BCUT2D eigenvalue weighted by atomic mass is 16.5. The van der Waals surface area contributed by atoms with Crippen LogP contribution in [-0.2, 0) is 6.54 Å². The molecular weight excluding hydrogens is 246 g/mol. The Morgan fingerprint density at radius 2 is 2.20 bits per heavy atom. The molecule has 1 saturated carbocycles. The average Bonchev–Trinajstić information content (AvgIpc) is 2.46. The molecule has 0 aromatic heterocycles. The van der Waals surface area contributed by atoms with Gasteiger partial charge in [-0.15, -0.1) is 6.42 Å². The first kappa shape index (κ1) is 14.9. The van der Waals surface area contributed by atoms with Gasteiger partial charge in [0.25, 0.3) is 0 Å². The van der Waals surface area contributed by atoms with Crippen LogP contribution >= 0.6 is 0 Å². The Bertz CT molecular complexity index is 449. The number of benzene rings is 1. The quantitative estimate of drug-likeness (QED) is 0.798. The van der Waals surface area contributed by atoms with E-state index in [1.165, 1.54) is 31.2 Å². The fourth-order valence-corrected chi connectivity index (χ4v) is 3.07. The predicted molar refractivity (Wildman–Crippen MR) is 83.6 cm³/mol. The van der Waals surface area contributed by atoms with E-state index >= 15 is 0 Å². The third-order valence-corrected chi connectivity index (χ3v) is 4.08. The molecule has 0 bridgehead atoms. The van der Waals surface area contributed by atoms with Gasteiger partial charge in [-0.3, -0.25) is 0 Å². The first-order valence-electron chi connectivity index (χ1n) is 7.64. The van der Waals surface area contributed by atoms with Crippen LogP contribution in [0.4, 0.5) is 0 Å². The summed E-state index contributed by atoms with van der Waals surface area (Å²) >= 11 is 0. The number of hydrogen-bond donors (Lipinski definition) is 1. The van der Waals surface area contributed by atoms with Gasteiger partial charge in [-0.05, 0) is 37.3 Å². The van der Waals surface area contributed by atoms with Crippen molar-refractivity contribution < 1.29 is 4.74 Å². The number of nitrogens with one attached hydrogen (secondary N) is 1. The van der Waals surface area contributed by atoms with Gasteiger partial charge in [-0.2, -0.15) is 0 Å². The van der Waals surface area contributed by atoms with E-state index < -0.39 is 0 Å². The fraction of sp³-hybridized carbons (Fsp3) is 0.556. The molecule has 2 nitrogen and oxygen atoms in total. The van der Waals surface area contributed by atoms with Crippen molar-refractivity contribution in [1.82, 2.24) is 5.32 Å². The third-order valence-electron chi connectivity index (χ3n) is 4.08. The molecule has 1 aliphatic rings. The van der Waals surface area contributed by atoms with Gasteiger partial charge in [0.2, 0.25) is 0 Å². The Balaban J connectivity index is 1.80. The van der Waals surface area contributed by atoms with Crippen LogP contribution in [-0.4, -0.2) is 13.2 Å². The molecular formula is C18H25NO. The second-order valence-electron chi connectivity index (χ2n) is 5.87. The van der Waals surface area contributed by atoms with E-state index in [1.807, 2.05) is 18.2 Å². The number of hydrogen-bond acceptors (Lipinski definition) is 2. The standard InChI is InChI=1S/C18H25NO/c1-3-11-20-18-10-5-4-9-17(18)14-19-13-16-8-6-7-15(2)12-16/h1,4-5,9-10,15-16,19H,6-8,11-14H2,2H3. The molecule has 2 unspecified atom stereocenters. The molecule has 1 aromatic rings. The molecule has 1 fully saturated rings. The Labute approximate surface area is 122 Å². The monoisotopic (exact) mass is 271 g/mol. The van der Waals surface area contributed by atoms with Crippen molar-refractivity contribution in [2.45, 2.75) is 39.2 Å². The molecule has 2 rings (SSSR count). The lowest BCUT2D eigenvalue weighted by atomic mass is 9.82. The van der Waals surface area contributed by atoms with Crippen LogP contribution in [0, 0.1) is 24.2 Å². The normalized spacial score (nSPS) is 22.2. The Kier molecular flexibility index (Phi) is 5.95. The van der Waals surface area contributed by atoms with Gasteiger partial charge in [0.05, 0.1) is 0 Å². The number of rotatable bonds is 6. The summed E-state index contributed by atoms with van der Waals surface area (Å²) in [7, 11) is 0. The SMILES string of the molecule is C#CCOc1ccccc1CNCC1CCCC(C)C1. The molecule has 108 valence electrons. The van der Waals surface area contributed by atoms with Crippen molar-refractivity contribution in [1.29, 1.82) is 0 Å². The molecule has 0 aliphatic heterocycles. The minimum atomic E-state index is 0.331. The predicted octanol–water partition coefficient (Wildman–Crippen LogP) is 3.61. The van der Waals surface area contributed by atoms with E-state index in [0.29, 0.717) is 6.61 Å². The van der Waals surface area contributed by atoms with Crippen LogP contribution in [0.2, 0.25) is 0 Å². The largest absolute Gasteiger partial charge is 0.481 e. The molecule has 0 spiro atoms. The Morgan fingerprint density at radius 1 is 1.35 bits per heavy atom. The molecule has 0 radical (unpaired) electrons. The van der Waals surface area contributed by atoms with Crippen molar-refractivity contribution in [2.24, 2.45) is 11.8 Å². The van der Waals surface area contributed by atoms with Crippen molar-refractivity contribution in [3.05, 3.63) is 29.8 Å². The third kappa shape index (κ3) is 4.58. The summed E-state index contributed by atoms with van der Waals surface area (Å²) in [6.45, 7) is 4.66. The van der Waals surface area contributed by atoms with Gasteiger partial charge >= 0.3 is 0 Å². The molecule has 20 heavy (non-hydrogen) atoms. The topological polar surface area (TPSA) is 21.3 Å². The first-order valence-corrected chi connectivity index (χ1v) is 7.64. The number of ether oxygens (including phenoxy) is 1. The second kappa shape index (κ2) is 7.97. The number of para-hydroxylation sites is 1. The van der Waals surface area contributed by atoms with Gasteiger partial charge in [-0.1, -0.05) is 43.9 Å². The smallest absolute Gasteiger partial charge is 0.148 e. The lowest BCUT2D eigenvalue weighted by Crippen LogP contribution is -2.26. The number of terminal acetylenes is 1. The summed E-state index contributed by atoms with van der Waals surface area (Å²) in [6.07, 6.45) is 10.8. The lowest BCUT2D eigenvalue weighted by molar-refractivity contribution is 0.273. The molecule has 0 amide bonds. The van der Waals surface area contributed by atoms with Crippen LogP contribution in [0.15, 0.2) is 24.3 Å². The Morgan fingerprint density at radius 3 is 3.00 bits per heavy atom. The van der Waals surface area contributed by atoms with E-state index in [-0.39, 0.29) is 0 Å². The minimum absolute atomic E-state index is 0.331. The molecule has 0 heterocycles. The van der Waals surface area contributed by atoms with Gasteiger partial charge in [0.15, 0.2) is 0 Å². The summed E-state index contributed by atoms with van der Waals surface area (Å²) in [6, 6.07) is 8.11. The van der Waals surface area contributed by atoms with E-state index in [4.69, 9.17) is 11.2 Å². The molecule has 2 atom stereocenters. The first-order chi connectivity index (χ1) is 9.79. The highest BCUT2D eigenvalue weighted by Gasteiger charge is 2.18. The maximum Gasteiger partial charge on any atom is 0.148 e. The lowest BCUT2D eigenvalue weighted by Gasteiger charge is -2.27. The zero-order chi connectivity index (χ0) is 14.2. The van der Waals surface area contributed by atoms with Gasteiger partial charge in [-0.25, -0.2) is 0 Å². The average molecular weight is 271 g/mol. The van der Waals surface area contributed by atoms with Gasteiger partial charge in [0, 0.05) is 12.1 Å². The summed E-state index contributed by atoms with van der Waals surface area (Å²) in [4.78, 5) is 0. The van der Waals surface area contributed by atoms with Crippen LogP contribution in [0.5, 0.6) is 5.75 Å². The van der Waals surface area contributed by atoms with Crippen molar-refractivity contribution >= 4 is 0 Å². The van der Waals surface area contributed by atoms with E-state index in [0.717, 1.165) is 30.7 Å². The summed E-state index contributed by atoms with van der Waals surface area (Å²) in [5, 5.41) is 3.58. The van der Waals surface area contributed by atoms with Crippen molar-refractivity contribution in [3.63, 3.8) is 0 Å². The summed E-state index contributed by atoms with van der Waals surface area (Å²) in [5.41, 5.74) is 1.19.